The molecule has 0 atom stereocenters. The Kier molecular flexibility index (Phi) is 4.25. The zero-order valence-corrected chi connectivity index (χ0v) is 11.6. The van der Waals surface area contributed by atoms with Gasteiger partial charge in [-0.1, -0.05) is 0 Å². The van der Waals surface area contributed by atoms with E-state index in [9.17, 15) is 18.0 Å². The Bertz CT molecular complexity index is 511. The summed E-state index contributed by atoms with van der Waals surface area (Å²) in [7, 11) is 1.93. The van der Waals surface area contributed by atoms with E-state index in [1.165, 1.54) is 12.1 Å². The molecule has 20 heavy (non-hydrogen) atoms. The van der Waals surface area contributed by atoms with Crippen molar-refractivity contribution in [1.82, 2.24) is 4.90 Å². The minimum atomic E-state index is -4.51. The molecule has 0 N–H and O–H groups in total. The van der Waals surface area contributed by atoms with Gasteiger partial charge >= 0.3 is 6.18 Å². The second-order valence-electron chi connectivity index (χ2n) is 4.79. The number of hydrogen-bond donors (Lipinski definition) is 0. The molecule has 0 unspecified atom stereocenters. The summed E-state index contributed by atoms with van der Waals surface area (Å²) < 4.78 is 39.4. The SMILES string of the molecule is CN1CCN(c2ccc(C(=O)Cl)cc2C(F)(F)F)CC1. The Hall–Kier alpha value is -1.27. The van der Waals surface area contributed by atoms with Crippen molar-refractivity contribution in [3.8, 4) is 0 Å². The third-order valence-electron chi connectivity index (χ3n) is 3.37. The van der Waals surface area contributed by atoms with Gasteiger partial charge in [0, 0.05) is 37.4 Å². The topological polar surface area (TPSA) is 23.6 Å². The highest BCUT2D eigenvalue weighted by Gasteiger charge is 2.36. The highest BCUT2D eigenvalue weighted by molar-refractivity contribution is 6.67. The second-order valence-corrected chi connectivity index (χ2v) is 5.14. The van der Waals surface area contributed by atoms with Crippen LogP contribution in [0.25, 0.3) is 0 Å². The van der Waals surface area contributed by atoms with Crippen molar-refractivity contribution in [2.24, 2.45) is 0 Å². The van der Waals surface area contributed by atoms with Gasteiger partial charge in [-0.25, -0.2) is 0 Å². The number of rotatable bonds is 2. The highest BCUT2D eigenvalue weighted by atomic mass is 35.5. The quantitative estimate of drug-likeness (QED) is 0.785. The Labute approximate surface area is 119 Å². The maximum Gasteiger partial charge on any atom is 0.418 e. The second kappa shape index (κ2) is 5.61. The lowest BCUT2D eigenvalue weighted by molar-refractivity contribution is -0.137. The summed E-state index contributed by atoms with van der Waals surface area (Å²) in [5, 5.41) is -0.888. The summed E-state index contributed by atoms with van der Waals surface area (Å²) in [5.41, 5.74) is -0.849. The molecule has 3 nitrogen and oxygen atoms in total. The molecule has 110 valence electrons. The van der Waals surface area contributed by atoms with Crippen LogP contribution in [0.4, 0.5) is 18.9 Å². The molecule has 1 aliphatic rings. The molecule has 0 amide bonds. The minimum absolute atomic E-state index is 0.104. The van der Waals surface area contributed by atoms with Crippen LogP contribution < -0.4 is 4.90 Å². The molecule has 7 heteroatoms. The van der Waals surface area contributed by atoms with E-state index < -0.39 is 17.0 Å². The average Bonchev–Trinajstić information content (AvgIpc) is 2.38. The lowest BCUT2D eigenvalue weighted by atomic mass is 10.1. The van der Waals surface area contributed by atoms with Crippen LogP contribution in [0.5, 0.6) is 0 Å². The van der Waals surface area contributed by atoms with Gasteiger partial charge in [-0.2, -0.15) is 13.2 Å². The van der Waals surface area contributed by atoms with Gasteiger partial charge in [0.25, 0.3) is 5.24 Å². The maximum absolute atomic E-state index is 13.1. The van der Waals surface area contributed by atoms with E-state index in [1.54, 1.807) is 4.90 Å². The summed E-state index contributed by atoms with van der Waals surface area (Å²) in [5.74, 6) is 0. The molecule has 1 aromatic rings. The van der Waals surface area contributed by atoms with Crippen molar-refractivity contribution in [2.45, 2.75) is 6.18 Å². The summed E-state index contributed by atoms with van der Waals surface area (Å²) in [6, 6.07) is 3.48. The predicted molar refractivity (Wildman–Crippen MR) is 71.3 cm³/mol. The molecule has 0 aromatic heterocycles. The first-order chi connectivity index (χ1) is 9.29. The first kappa shape index (κ1) is 15.1. The van der Waals surface area contributed by atoms with Gasteiger partial charge in [0.05, 0.1) is 5.56 Å². The number of nitrogens with zero attached hydrogens (tertiary/aromatic N) is 2. The van der Waals surface area contributed by atoms with E-state index in [0.717, 1.165) is 6.07 Å². The van der Waals surface area contributed by atoms with Crippen molar-refractivity contribution in [1.29, 1.82) is 0 Å². The highest BCUT2D eigenvalue weighted by Crippen LogP contribution is 2.37. The average molecular weight is 307 g/mol. The van der Waals surface area contributed by atoms with Crippen LogP contribution in [-0.4, -0.2) is 43.4 Å². The van der Waals surface area contributed by atoms with Crippen LogP contribution in [0.15, 0.2) is 18.2 Å². The van der Waals surface area contributed by atoms with Gasteiger partial charge in [-0.05, 0) is 36.8 Å². The van der Waals surface area contributed by atoms with E-state index in [2.05, 4.69) is 4.90 Å². The molecule has 1 aromatic carbocycles. The fourth-order valence-corrected chi connectivity index (χ4v) is 2.33. The van der Waals surface area contributed by atoms with Gasteiger partial charge in [-0.3, -0.25) is 4.79 Å². The van der Waals surface area contributed by atoms with E-state index >= 15 is 0 Å². The van der Waals surface area contributed by atoms with Gasteiger partial charge in [0.1, 0.15) is 0 Å². The van der Waals surface area contributed by atoms with Crippen molar-refractivity contribution < 1.29 is 18.0 Å². The molecule has 1 heterocycles. The first-order valence-corrected chi connectivity index (χ1v) is 6.51. The molecule has 0 bridgehead atoms. The zero-order chi connectivity index (χ0) is 14.9. The predicted octanol–water partition coefficient (Wildman–Crippen LogP) is 2.84. The third kappa shape index (κ3) is 3.24. The molecule has 0 spiro atoms. The molecule has 1 saturated heterocycles. The Morgan fingerprint density at radius 2 is 1.80 bits per heavy atom. The molecule has 1 fully saturated rings. The number of likely N-dealkylation sites (N-methyl/N-ethyl adjacent to an activating group) is 1. The number of benzene rings is 1. The van der Waals surface area contributed by atoms with E-state index in [1.807, 2.05) is 7.05 Å². The van der Waals surface area contributed by atoms with Crippen molar-refractivity contribution in [2.75, 3.05) is 38.1 Å². The molecule has 0 radical (unpaired) electrons. The van der Waals surface area contributed by atoms with Crippen molar-refractivity contribution >= 4 is 22.5 Å². The maximum atomic E-state index is 13.1. The zero-order valence-electron chi connectivity index (χ0n) is 10.9. The van der Waals surface area contributed by atoms with Crippen LogP contribution in [0.3, 0.4) is 0 Å². The largest absolute Gasteiger partial charge is 0.418 e. The van der Waals surface area contributed by atoms with E-state index in [-0.39, 0.29) is 11.3 Å². The standard InChI is InChI=1S/C13H14ClF3N2O/c1-18-4-6-19(7-5-18)11-3-2-9(12(14)20)8-10(11)13(15,16)17/h2-3,8H,4-7H2,1H3. The fourth-order valence-electron chi connectivity index (χ4n) is 2.21. The van der Waals surface area contributed by atoms with Crippen LogP contribution in [0.2, 0.25) is 0 Å². The molecule has 1 aliphatic heterocycles. The van der Waals surface area contributed by atoms with Crippen molar-refractivity contribution in [3.63, 3.8) is 0 Å². The normalized spacial score (nSPS) is 17.4. The number of alkyl halides is 3. The monoisotopic (exact) mass is 306 g/mol. The summed E-state index contributed by atoms with van der Waals surface area (Å²) >= 11 is 5.26. The van der Waals surface area contributed by atoms with Crippen molar-refractivity contribution in [3.05, 3.63) is 29.3 Å². The molecule has 0 saturated carbocycles. The van der Waals surface area contributed by atoms with Gasteiger partial charge in [0.15, 0.2) is 0 Å². The van der Waals surface area contributed by atoms with Gasteiger partial charge in [0.2, 0.25) is 0 Å². The Balaban J connectivity index is 2.39. The van der Waals surface area contributed by atoms with Crippen LogP contribution in [-0.2, 0) is 6.18 Å². The van der Waals surface area contributed by atoms with Crippen LogP contribution in [0, 0.1) is 0 Å². The molecular formula is C13H14ClF3N2O. The number of carbonyl (C=O) groups excluding carboxylic acids is 1. The number of piperazine rings is 1. The molecular weight excluding hydrogens is 293 g/mol. The third-order valence-corrected chi connectivity index (χ3v) is 3.59. The number of carbonyl (C=O) groups is 1. The lowest BCUT2D eigenvalue weighted by Gasteiger charge is -2.35. The number of halogens is 4. The Morgan fingerprint density at radius 3 is 2.30 bits per heavy atom. The van der Waals surface area contributed by atoms with Crippen LogP contribution >= 0.6 is 11.6 Å². The minimum Gasteiger partial charge on any atom is -0.368 e. The summed E-state index contributed by atoms with van der Waals surface area (Å²) in [4.78, 5) is 14.8. The molecule has 2 rings (SSSR count). The summed E-state index contributed by atoms with van der Waals surface area (Å²) in [6.07, 6.45) is -4.51. The van der Waals surface area contributed by atoms with Gasteiger partial charge < -0.3 is 9.80 Å². The first-order valence-electron chi connectivity index (χ1n) is 6.13. The number of anilines is 1. The van der Waals surface area contributed by atoms with E-state index in [0.29, 0.717) is 26.2 Å². The smallest absolute Gasteiger partial charge is 0.368 e. The van der Waals surface area contributed by atoms with Crippen LogP contribution in [0.1, 0.15) is 15.9 Å². The lowest BCUT2D eigenvalue weighted by Crippen LogP contribution is -2.45. The fraction of sp³-hybridized carbons (Fsp3) is 0.462. The number of hydrogen-bond acceptors (Lipinski definition) is 3. The Morgan fingerprint density at radius 1 is 1.20 bits per heavy atom. The molecule has 0 aliphatic carbocycles. The van der Waals surface area contributed by atoms with E-state index in [4.69, 9.17) is 11.6 Å². The van der Waals surface area contributed by atoms with Gasteiger partial charge in [-0.15, -0.1) is 0 Å². The summed E-state index contributed by atoms with van der Waals surface area (Å²) in [6.45, 7) is 2.45.